The molecule has 2 N–H and O–H groups in total. The van der Waals surface area contributed by atoms with Crippen LogP contribution in [-0.2, 0) is 16.6 Å². The Balaban J connectivity index is 2.09. The van der Waals surface area contributed by atoms with Crippen LogP contribution in [0.3, 0.4) is 0 Å². The highest BCUT2D eigenvalue weighted by molar-refractivity contribution is 5.76. The molecule has 1 amide bonds. The Morgan fingerprint density at radius 1 is 1.27 bits per heavy atom. The first-order chi connectivity index (χ1) is 10.3. The minimum atomic E-state index is -0.104. The van der Waals surface area contributed by atoms with Gasteiger partial charge in [0, 0.05) is 32.6 Å². The number of carbonyl (C=O) groups is 1. The van der Waals surface area contributed by atoms with Crippen molar-refractivity contribution in [3.05, 3.63) is 28.8 Å². The number of aromatic hydroxyl groups is 1. The maximum atomic E-state index is 12.3. The molecule has 1 heterocycles. The van der Waals surface area contributed by atoms with E-state index in [-0.39, 0.29) is 11.3 Å². The molecule has 1 saturated heterocycles. The summed E-state index contributed by atoms with van der Waals surface area (Å²) in [6, 6.07) is 4.03. The lowest BCUT2D eigenvalue weighted by atomic mass is 9.83. The number of rotatable bonds is 3. The van der Waals surface area contributed by atoms with E-state index in [0.717, 1.165) is 42.9 Å². The molecular weight excluding hydrogens is 276 g/mol. The molecule has 2 rings (SSSR count). The van der Waals surface area contributed by atoms with E-state index < -0.39 is 0 Å². The number of aryl methyl sites for hydroxylation is 2. The molecule has 1 aromatic rings. The normalized spacial score (nSPS) is 15.9. The second kappa shape index (κ2) is 6.69. The fourth-order valence-corrected chi connectivity index (χ4v) is 2.93. The lowest BCUT2D eigenvalue weighted by Gasteiger charge is -2.27. The number of benzene rings is 1. The molecule has 0 spiro atoms. The monoisotopic (exact) mass is 304 g/mol. The molecule has 0 radical (unpaired) electrons. The van der Waals surface area contributed by atoms with Crippen molar-refractivity contribution in [3.63, 3.8) is 0 Å². The Kier molecular flexibility index (Phi) is 5.12. The zero-order valence-corrected chi connectivity index (χ0v) is 14.2. The Morgan fingerprint density at radius 3 is 2.50 bits per heavy atom. The Bertz CT molecular complexity index is 541. The van der Waals surface area contributed by atoms with Crippen molar-refractivity contribution in [2.75, 3.05) is 26.2 Å². The third kappa shape index (κ3) is 4.01. The quantitative estimate of drug-likeness (QED) is 0.901. The van der Waals surface area contributed by atoms with Gasteiger partial charge in [0.05, 0.1) is 0 Å². The van der Waals surface area contributed by atoms with E-state index >= 15 is 0 Å². The number of hydrogen-bond donors (Lipinski definition) is 2. The zero-order chi connectivity index (χ0) is 16.3. The van der Waals surface area contributed by atoms with Crippen molar-refractivity contribution in [2.24, 2.45) is 0 Å². The van der Waals surface area contributed by atoms with Crippen LogP contribution in [0, 0.1) is 6.92 Å². The standard InChI is InChI=1S/C18H28N2O2/c1-13-11-14(17(22)15(12-13)18(2,3)4)5-6-16(21)20-9-7-19-8-10-20/h11-12,19,22H,5-10H2,1-4H3. The van der Waals surface area contributed by atoms with Gasteiger partial charge in [0.25, 0.3) is 0 Å². The molecular formula is C18H28N2O2. The van der Waals surface area contributed by atoms with Crippen LogP contribution in [0.4, 0.5) is 0 Å². The molecule has 1 aliphatic heterocycles. The average Bonchev–Trinajstić information content (AvgIpc) is 2.47. The summed E-state index contributed by atoms with van der Waals surface area (Å²) >= 11 is 0. The Morgan fingerprint density at radius 2 is 1.91 bits per heavy atom. The molecule has 1 aliphatic rings. The molecule has 0 aromatic heterocycles. The second-order valence-electron chi connectivity index (χ2n) is 7.20. The van der Waals surface area contributed by atoms with Gasteiger partial charge < -0.3 is 15.3 Å². The summed E-state index contributed by atoms with van der Waals surface area (Å²) in [4.78, 5) is 14.2. The molecule has 0 atom stereocenters. The van der Waals surface area contributed by atoms with Gasteiger partial charge in [-0.15, -0.1) is 0 Å². The third-order valence-corrected chi connectivity index (χ3v) is 4.22. The van der Waals surface area contributed by atoms with Gasteiger partial charge in [-0.25, -0.2) is 0 Å². The van der Waals surface area contributed by atoms with E-state index in [1.165, 1.54) is 0 Å². The van der Waals surface area contributed by atoms with Gasteiger partial charge >= 0.3 is 0 Å². The number of carbonyl (C=O) groups excluding carboxylic acids is 1. The van der Waals surface area contributed by atoms with Crippen molar-refractivity contribution in [1.82, 2.24) is 10.2 Å². The van der Waals surface area contributed by atoms with E-state index in [4.69, 9.17) is 0 Å². The van der Waals surface area contributed by atoms with Gasteiger partial charge in [0.2, 0.25) is 5.91 Å². The van der Waals surface area contributed by atoms with Crippen LogP contribution in [0.15, 0.2) is 12.1 Å². The van der Waals surface area contributed by atoms with Crippen molar-refractivity contribution in [3.8, 4) is 5.75 Å². The van der Waals surface area contributed by atoms with Crippen LogP contribution in [0.1, 0.15) is 43.9 Å². The number of phenols is 1. The maximum absolute atomic E-state index is 12.3. The highest BCUT2D eigenvalue weighted by atomic mass is 16.3. The molecule has 22 heavy (non-hydrogen) atoms. The van der Waals surface area contributed by atoms with E-state index in [0.29, 0.717) is 18.6 Å². The van der Waals surface area contributed by atoms with E-state index in [1.54, 1.807) is 0 Å². The number of piperazine rings is 1. The number of hydrogen-bond acceptors (Lipinski definition) is 3. The van der Waals surface area contributed by atoms with E-state index in [1.807, 2.05) is 24.0 Å². The van der Waals surface area contributed by atoms with Gasteiger partial charge in [-0.05, 0) is 29.9 Å². The molecule has 0 unspecified atom stereocenters. The van der Waals surface area contributed by atoms with E-state index in [9.17, 15) is 9.90 Å². The number of nitrogens with zero attached hydrogens (tertiary/aromatic N) is 1. The highest BCUT2D eigenvalue weighted by Gasteiger charge is 2.22. The van der Waals surface area contributed by atoms with E-state index in [2.05, 4.69) is 26.1 Å². The minimum absolute atomic E-state index is 0.104. The van der Waals surface area contributed by atoms with Crippen LogP contribution >= 0.6 is 0 Å². The average molecular weight is 304 g/mol. The summed E-state index contributed by atoms with van der Waals surface area (Å²) in [5, 5.41) is 13.8. The molecule has 1 aromatic carbocycles. The SMILES string of the molecule is Cc1cc(CCC(=O)N2CCNCC2)c(O)c(C(C)(C)C)c1. The zero-order valence-electron chi connectivity index (χ0n) is 14.2. The first-order valence-corrected chi connectivity index (χ1v) is 8.10. The van der Waals surface area contributed by atoms with Crippen LogP contribution in [0.5, 0.6) is 5.75 Å². The second-order valence-corrected chi connectivity index (χ2v) is 7.20. The summed E-state index contributed by atoms with van der Waals surface area (Å²) in [5.74, 6) is 0.533. The van der Waals surface area contributed by atoms with Crippen molar-refractivity contribution >= 4 is 5.91 Å². The lowest BCUT2D eigenvalue weighted by molar-refractivity contribution is -0.131. The number of nitrogens with one attached hydrogen (secondary N) is 1. The fourth-order valence-electron chi connectivity index (χ4n) is 2.93. The molecule has 122 valence electrons. The Hall–Kier alpha value is -1.55. The number of amides is 1. The Labute approximate surface area is 133 Å². The highest BCUT2D eigenvalue weighted by Crippen LogP contribution is 2.34. The molecule has 4 nitrogen and oxygen atoms in total. The summed E-state index contributed by atoms with van der Waals surface area (Å²) in [5.41, 5.74) is 2.87. The summed E-state index contributed by atoms with van der Waals surface area (Å²) in [7, 11) is 0. The molecule has 1 fully saturated rings. The van der Waals surface area contributed by atoms with Gasteiger partial charge in [0.15, 0.2) is 0 Å². The van der Waals surface area contributed by atoms with Crippen molar-refractivity contribution in [2.45, 2.75) is 46.0 Å². The van der Waals surface area contributed by atoms with Crippen LogP contribution in [0.2, 0.25) is 0 Å². The first kappa shape index (κ1) is 16.8. The van der Waals surface area contributed by atoms with Gasteiger partial charge in [-0.3, -0.25) is 4.79 Å². The topological polar surface area (TPSA) is 52.6 Å². The molecule has 4 heteroatoms. The fraction of sp³-hybridized carbons (Fsp3) is 0.611. The van der Waals surface area contributed by atoms with Crippen molar-refractivity contribution < 1.29 is 9.90 Å². The van der Waals surface area contributed by atoms with Crippen LogP contribution in [-0.4, -0.2) is 42.1 Å². The van der Waals surface area contributed by atoms with Crippen LogP contribution in [0.25, 0.3) is 0 Å². The third-order valence-electron chi connectivity index (χ3n) is 4.22. The number of phenolic OH excluding ortho intramolecular Hbond substituents is 1. The summed E-state index contributed by atoms with van der Waals surface area (Å²) in [6.45, 7) is 11.6. The molecule has 0 saturated carbocycles. The van der Waals surface area contributed by atoms with Gasteiger partial charge in [-0.1, -0.05) is 38.5 Å². The predicted molar refractivity (Wildman–Crippen MR) is 89.3 cm³/mol. The lowest BCUT2D eigenvalue weighted by Crippen LogP contribution is -2.46. The smallest absolute Gasteiger partial charge is 0.222 e. The minimum Gasteiger partial charge on any atom is -0.507 e. The molecule has 0 bridgehead atoms. The first-order valence-electron chi connectivity index (χ1n) is 8.10. The van der Waals surface area contributed by atoms with Gasteiger partial charge in [0.1, 0.15) is 5.75 Å². The summed E-state index contributed by atoms with van der Waals surface area (Å²) < 4.78 is 0. The maximum Gasteiger partial charge on any atom is 0.222 e. The van der Waals surface area contributed by atoms with Crippen molar-refractivity contribution in [1.29, 1.82) is 0 Å². The van der Waals surface area contributed by atoms with Crippen LogP contribution < -0.4 is 5.32 Å². The predicted octanol–water partition coefficient (Wildman–Crippen LogP) is 2.36. The summed E-state index contributed by atoms with van der Waals surface area (Å²) in [6.07, 6.45) is 1.06. The molecule has 0 aliphatic carbocycles. The largest absolute Gasteiger partial charge is 0.507 e. The van der Waals surface area contributed by atoms with Gasteiger partial charge in [-0.2, -0.15) is 0 Å².